The minimum Gasteiger partial charge on any atom is -0.491 e. The van der Waals surface area contributed by atoms with Gasteiger partial charge in [0.1, 0.15) is 11.3 Å². The molecule has 0 aliphatic carbocycles. The summed E-state index contributed by atoms with van der Waals surface area (Å²) < 4.78 is 18.6. The summed E-state index contributed by atoms with van der Waals surface area (Å²) in [6.07, 6.45) is 3.22. The Morgan fingerprint density at radius 3 is 2.66 bits per heavy atom. The third kappa shape index (κ3) is 3.95. The van der Waals surface area contributed by atoms with Crippen LogP contribution in [-0.4, -0.2) is 37.5 Å². The van der Waals surface area contributed by atoms with E-state index in [1.807, 2.05) is 6.07 Å². The van der Waals surface area contributed by atoms with Gasteiger partial charge in [-0.3, -0.25) is 4.79 Å². The molecule has 2 atom stereocenters. The normalized spacial score (nSPS) is 19.4. The van der Waals surface area contributed by atoms with Gasteiger partial charge < -0.3 is 18.8 Å². The third-order valence-corrected chi connectivity index (χ3v) is 6.67. The van der Waals surface area contributed by atoms with Crippen molar-refractivity contribution < 1.29 is 19.0 Å². The summed E-state index contributed by atoms with van der Waals surface area (Å²) >= 11 is 6.64. The number of carbonyl (C=O) groups excluding carboxylic acids is 1. The lowest BCUT2D eigenvalue weighted by atomic mass is 9.76. The number of hydrogen-bond acceptors (Lipinski definition) is 5. The maximum atomic E-state index is 12.9. The van der Waals surface area contributed by atoms with Gasteiger partial charge in [-0.1, -0.05) is 32.4 Å². The molecule has 4 rings (SSSR count). The van der Waals surface area contributed by atoms with Gasteiger partial charge in [0.2, 0.25) is 0 Å². The molecule has 2 aliphatic heterocycles. The maximum Gasteiger partial charge on any atom is 0.343 e. The SMILES string of the molecule is CCOC(=O)c1cn2c(cc1=O)-c1cc(Cl)c3c(c1CC2C(C)(C)C)CC(COC)CO3. The van der Waals surface area contributed by atoms with E-state index in [0.29, 0.717) is 18.2 Å². The standard InChI is InChI=1S/C25H30ClNO5/c1-6-31-24(29)18-11-27-20(10-21(18)28)16-8-19(26)23-17(7-14(12-30-5)13-32-23)15(16)9-22(27)25(2,3)4/h8,10-11,14,22H,6-7,9,12-13H2,1-5H3. The number of methoxy groups -OCH3 is 1. The summed E-state index contributed by atoms with van der Waals surface area (Å²) in [5.74, 6) is 0.397. The van der Waals surface area contributed by atoms with Crippen molar-refractivity contribution in [3.05, 3.63) is 50.3 Å². The number of benzene rings is 1. The van der Waals surface area contributed by atoms with Gasteiger partial charge in [-0.2, -0.15) is 0 Å². The van der Waals surface area contributed by atoms with Gasteiger partial charge in [0.15, 0.2) is 5.43 Å². The van der Waals surface area contributed by atoms with Gasteiger partial charge in [-0.15, -0.1) is 0 Å². The zero-order valence-electron chi connectivity index (χ0n) is 19.3. The lowest BCUT2D eigenvalue weighted by Gasteiger charge is -2.41. The van der Waals surface area contributed by atoms with Crippen LogP contribution >= 0.6 is 11.6 Å². The second-order valence-electron chi connectivity index (χ2n) is 9.68. The topological polar surface area (TPSA) is 66.8 Å². The summed E-state index contributed by atoms with van der Waals surface area (Å²) in [7, 11) is 1.70. The van der Waals surface area contributed by atoms with E-state index in [4.69, 9.17) is 25.8 Å². The van der Waals surface area contributed by atoms with Crippen molar-refractivity contribution in [2.45, 2.75) is 46.6 Å². The fourth-order valence-electron chi connectivity index (χ4n) is 4.85. The molecule has 2 unspecified atom stereocenters. The first-order valence-electron chi connectivity index (χ1n) is 11.0. The second kappa shape index (κ2) is 8.56. The van der Waals surface area contributed by atoms with Crippen LogP contribution in [0.15, 0.2) is 23.1 Å². The number of ether oxygens (including phenoxy) is 3. The van der Waals surface area contributed by atoms with E-state index in [2.05, 4.69) is 25.3 Å². The molecule has 6 nitrogen and oxygen atoms in total. The van der Waals surface area contributed by atoms with Crippen LogP contribution in [0.5, 0.6) is 5.75 Å². The average molecular weight is 460 g/mol. The van der Waals surface area contributed by atoms with Crippen molar-refractivity contribution in [1.29, 1.82) is 0 Å². The molecular weight excluding hydrogens is 430 g/mol. The summed E-state index contributed by atoms with van der Waals surface area (Å²) in [4.78, 5) is 25.3. The summed E-state index contributed by atoms with van der Waals surface area (Å²) in [5.41, 5.74) is 3.53. The molecule has 0 fully saturated rings. The highest BCUT2D eigenvalue weighted by Gasteiger charge is 2.37. The number of rotatable bonds is 4. The van der Waals surface area contributed by atoms with Crippen LogP contribution in [0.4, 0.5) is 0 Å². The van der Waals surface area contributed by atoms with E-state index in [9.17, 15) is 9.59 Å². The van der Waals surface area contributed by atoms with Crippen molar-refractivity contribution in [3.63, 3.8) is 0 Å². The molecule has 2 aliphatic rings. The summed E-state index contributed by atoms with van der Waals surface area (Å²) in [6, 6.07) is 3.47. The first-order valence-corrected chi connectivity index (χ1v) is 11.4. The molecule has 32 heavy (non-hydrogen) atoms. The Morgan fingerprint density at radius 2 is 2.00 bits per heavy atom. The highest BCUT2D eigenvalue weighted by atomic mass is 35.5. The minimum absolute atomic E-state index is 0.0341. The van der Waals surface area contributed by atoms with E-state index in [1.54, 1.807) is 26.3 Å². The van der Waals surface area contributed by atoms with Crippen LogP contribution in [0.25, 0.3) is 11.3 Å². The highest BCUT2D eigenvalue weighted by Crippen LogP contribution is 2.48. The number of pyridine rings is 1. The van der Waals surface area contributed by atoms with Crippen molar-refractivity contribution in [2.24, 2.45) is 11.3 Å². The molecule has 3 heterocycles. The smallest absolute Gasteiger partial charge is 0.343 e. The average Bonchev–Trinajstić information content (AvgIpc) is 2.72. The summed E-state index contributed by atoms with van der Waals surface area (Å²) in [6.45, 7) is 9.63. The Balaban J connectivity index is 1.94. The number of carbonyl (C=O) groups is 1. The molecule has 1 aromatic carbocycles. The van der Waals surface area contributed by atoms with Crippen LogP contribution in [0.1, 0.15) is 55.2 Å². The van der Waals surface area contributed by atoms with E-state index in [0.717, 1.165) is 41.0 Å². The highest BCUT2D eigenvalue weighted by molar-refractivity contribution is 6.32. The zero-order chi connectivity index (χ0) is 23.2. The lowest BCUT2D eigenvalue weighted by Crippen LogP contribution is -2.34. The molecule has 0 radical (unpaired) electrons. The number of fused-ring (bicyclic) bond motifs is 5. The van der Waals surface area contributed by atoms with Crippen LogP contribution in [0, 0.1) is 11.3 Å². The molecule has 0 spiro atoms. The Labute approximate surface area is 193 Å². The van der Waals surface area contributed by atoms with Gasteiger partial charge in [0.25, 0.3) is 0 Å². The molecule has 0 bridgehead atoms. The van der Waals surface area contributed by atoms with Gasteiger partial charge in [0.05, 0.1) is 30.5 Å². The number of hydrogen-bond donors (Lipinski definition) is 0. The number of esters is 1. The Kier molecular flexibility index (Phi) is 6.12. The van der Waals surface area contributed by atoms with Crippen molar-refractivity contribution in [1.82, 2.24) is 4.57 Å². The number of aromatic nitrogens is 1. The van der Waals surface area contributed by atoms with Gasteiger partial charge >= 0.3 is 5.97 Å². The van der Waals surface area contributed by atoms with Crippen LogP contribution in [-0.2, 0) is 22.3 Å². The van der Waals surface area contributed by atoms with Crippen molar-refractivity contribution >= 4 is 17.6 Å². The predicted octanol–water partition coefficient (Wildman–Crippen LogP) is 4.69. The Bertz CT molecular complexity index is 1110. The molecule has 7 heteroatoms. The van der Waals surface area contributed by atoms with E-state index in [1.165, 1.54) is 0 Å². The first-order chi connectivity index (χ1) is 15.2. The zero-order valence-corrected chi connectivity index (χ0v) is 20.0. The molecule has 0 amide bonds. The van der Waals surface area contributed by atoms with Crippen LogP contribution < -0.4 is 10.2 Å². The molecule has 172 valence electrons. The maximum absolute atomic E-state index is 12.9. The molecule has 0 saturated heterocycles. The van der Waals surface area contributed by atoms with E-state index in [-0.39, 0.29) is 35.0 Å². The minimum atomic E-state index is -0.592. The Hall–Kier alpha value is -2.31. The first kappa shape index (κ1) is 22.9. The lowest BCUT2D eigenvalue weighted by molar-refractivity contribution is 0.0523. The van der Waals surface area contributed by atoms with E-state index >= 15 is 0 Å². The fraction of sp³-hybridized carbons (Fsp3) is 0.520. The summed E-state index contributed by atoms with van der Waals surface area (Å²) in [5, 5.41) is 0.539. The molecule has 0 N–H and O–H groups in total. The van der Waals surface area contributed by atoms with Gasteiger partial charge in [-0.05, 0) is 36.8 Å². The van der Waals surface area contributed by atoms with Crippen LogP contribution in [0.2, 0.25) is 5.02 Å². The van der Waals surface area contributed by atoms with Gasteiger partial charge in [-0.25, -0.2) is 4.79 Å². The van der Waals surface area contributed by atoms with Crippen molar-refractivity contribution in [2.75, 3.05) is 26.9 Å². The number of halogens is 1. The van der Waals surface area contributed by atoms with Crippen molar-refractivity contribution in [3.8, 4) is 17.0 Å². The monoisotopic (exact) mass is 459 g/mol. The quantitative estimate of drug-likeness (QED) is 0.621. The van der Waals surface area contributed by atoms with E-state index < -0.39 is 5.97 Å². The largest absolute Gasteiger partial charge is 0.491 e. The predicted molar refractivity (Wildman–Crippen MR) is 124 cm³/mol. The van der Waals surface area contributed by atoms with Crippen LogP contribution in [0.3, 0.4) is 0 Å². The second-order valence-corrected chi connectivity index (χ2v) is 10.1. The molecule has 1 aromatic heterocycles. The molecule has 2 aromatic rings. The molecule has 0 saturated carbocycles. The third-order valence-electron chi connectivity index (χ3n) is 6.39. The number of nitrogens with zero attached hydrogens (tertiary/aromatic N) is 1. The Morgan fingerprint density at radius 1 is 1.25 bits per heavy atom. The van der Waals surface area contributed by atoms with Gasteiger partial charge in [0, 0.05) is 42.5 Å². The molecular formula is C25H30ClNO5. The fourth-order valence-corrected chi connectivity index (χ4v) is 5.13.